The molecule has 20 heavy (non-hydrogen) atoms. The molecule has 0 saturated heterocycles. The van der Waals surface area contributed by atoms with Crippen molar-refractivity contribution in [2.75, 3.05) is 0 Å². The Labute approximate surface area is 118 Å². The highest BCUT2D eigenvalue weighted by Crippen LogP contribution is 2.26. The van der Waals surface area contributed by atoms with Gasteiger partial charge in [0.25, 0.3) is 0 Å². The van der Waals surface area contributed by atoms with Crippen molar-refractivity contribution in [3.63, 3.8) is 0 Å². The van der Waals surface area contributed by atoms with Crippen molar-refractivity contribution in [3.05, 3.63) is 52.8 Å². The van der Waals surface area contributed by atoms with Crippen molar-refractivity contribution in [2.24, 2.45) is 5.73 Å². The van der Waals surface area contributed by atoms with E-state index in [0.717, 1.165) is 22.6 Å². The van der Waals surface area contributed by atoms with Gasteiger partial charge in [0.15, 0.2) is 5.65 Å². The van der Waals surface area contributed by atoms with Gasteiger partial charge in [-0.2, -0.15) is 5.10 Å². The maximum atomic E-state index is 5.72. The Morgan fingerprint density at radius 2 is 1.85 bits per heavy atom. The van der Waals surface area contributed by atoms with Crippen molar-refractivity contribution < 1.29 is 0 Å². The number of hydrogen-bond acceptors (Lipinski definition) is 3. The van der Waals surface area contributed by atoms with Crippen LogP contribution in [0.25, 0.3) is 16.9 Å². The number of hydrogen-bond donors (Lipinski definition) is 1. The van der Waals surface area contributed by atoms with Crippen LogP contribution in [0.4, 0.5) is 0 Å². The Kier molecular flexibility index (Phi) is 3.03. The second-order valence-corrected chi connectivity index (χ2v) is 5.12. The fourth-order valence-corrected chi connectivity index (χ4v) is 2.44. The molecular weight excluding hydrogens is 248 g/mol. The molecule has 0 aliphatic heterocycles. The lowest BCUT2D eigenvalue weighted by atomic mass is 9.97. The Bertz CT molecular complexity index is 787. The minimum Gasteiger partial charge on any atom is -0.325 e. The minimum absolute atomic E-state index is 0.434. The Morgan fingerprint density at radius 3 is 2.60 bits per heavy atom. The van der Waals surface area contributed by atoms with Crippen LogP contribution >= 0.6 is 0 Å². The third kappa shape index (κ3) is 1.89. The van der Waals surface area contributed by atoms with Gasteiger partial charge < -0.3 is 5.73 Å². The third-order valence-electron chi connectivity index (χ3n) is 3.98. The van der Waals surface area contributed by atoms with Crippen molar-refractivity contribution in [3.8, 4) is 11.3 Å². The summed E-state index contributed by atoms with van der Waals surface area (Å²) in [6, 6.07) is 8.27. The quantitative estimate of drug-likeness (QED) is 0.776. The van der Waals surface area contributed by atoms with Crippen LogP contribution in [0.15, 0.2) is 30.5 Å². The van der Waals surface area contributed by atoms with Crippen molar-refractivity contribution in [1.82, 2.24) is 14.6 Å². The molecule has 0 unspecified atom stereocenters. The molecule has 0 amide bonds. The maximum absolute atomic E-state index is 5.72. The first kappa shape index (κ1) is 12.8. The van der Waals surface area contributed by atoms with Crippen LogP contribution in [0, 0.1) is 20.8 Å². The summed E-state index contributed by atoms with van der Waals surface area (Å²) in [5, 5.41) is 4.68. The molecule has 0 aliphatic rings. The number of imidazole rings is 1. The van der Waals surface area contributed by atoms with Gasteiger partial charge in [-0.15, -0.1) is 0 Å². The van der Waals surface area contributed by atoms with E-state index in [1.165, 1.54) is 16.7 Å². The zero-order valence-corrected chi connectivity index (χ0v) is 12.0. The predicted molar refractivity (Wildman–Crippen MR) is 80.5 cm³/mol. The molecule has 0 bridgehead atoms. The van der Waals surface area contributed by atoms with Gasteiger partial charge in [-0.05, 0) is 49.6 Å². The molecule has 2 N–H and O–H groups in total. The van der Waals surface area contributed by atoms with E-state index in [2.05, 4.69) is 43.0 Å². The molecule has 0 aliphatic carbocycles. The van der Waals surface area contributed by atoms with Crippen LogP contribution in [-0.4, -0.2) is 14.6 Å². The summed E-state index contributed by atoms with van der Waals surface area (Å²) in [6.45, 7) is 6.85. The van der Waals surface area contributed by atoms with Crippen molar-refractivity contribution in [1.29, 1.82) is 0 Å². The number of nitrogens with two attached hydrogens (primary N) is 1. The zero-order valence-electron chi connectivity index (χ0n) is 12.0. The fraction of sp³-hybridized carbons (Fsp3) is 0.250. The second kappa shape index (κ2) is 4.72. The number of aromatic nitrogens is 3. The third-order valence-corrected chi connectivity index (χ3v) is 3.98. The molecule has 0 fully saturated rings. The molecule has 0 atom stereocenters. The molecule has 102 valence electrons. The molecule has 0 radical (unpaired) electrons. The second-order valence-electron chi connectivity index (χ2n) is 5.12. The van der Waals surface area contributed by atoms with E-state index < -0.39 is 0 Å². The van der Waals surface area contributed by atoms with E-state index in [1.54, 1.807) is 6.20 Å². The standard InChI is InChI=1S/C16H18N4/c1-10-4-5-14(12(3)11(10)2)15-6-7-16-18-9-13(8-17)20(16)19-15/h4-7,9H,8,17H2,1-3H3. The van der Waals surface area contributed by atoms with Crippen LogP contribution in [-0.2, 0) is 6.54 Å². The van der Waals surface area contributed by atoms with Crippen molar-refractivity contribution in [2.45, 2.75) is 27.3 Å². The largest absolute Gasteiger partial charge is 0.325 e. The van der Waals surface area contributed by atoms with Crippen LogP contribution in [0.3, 0.4) is 0 Å². The summed E-state index contributed by atoms with van der Waals surface area (Å²) in [4.78, 5) is 4.30. The summed E-state index contributed by atoms with van der Waals surface area (Å²) >= 11 is 0. The van der Waals surface area contributed by atoms with Gasteiger partial charge in [-0.1, -0.05) is 12.1 Å². The number of benzene rings is 1. The Hall–Kier alpha value is -2.20. The molecule has 2 heterocycles. The first-order chi connectivity index (χ1) is 9.61. The van der Waals surface area contributed by atoms with E-state index in [1.807, 2.05) is 16.6 Å². The highest BCUT2D eigenvalue weighted by molar-refractivity contribution is 5.66. The first-order valence-corrected chi connectivity index (χ1v) is 6.72. The molecular formula is C16H18N4. The topological polar surface area (TPSA) is 56.2 Å². The number of fused-ring (bicyclic) bond motifs is 1. The van der Waals surface area contributed by atoms with Gasteiger partial charge in [0.1, 0.15) is 0 Å². The summed E-state index contributed by atoms with van der Waals surface area (Å²) in [7, 11) is 0. The van der Waals surface area contributed by atoms with Gasteiger partial charge in [-0.3, -0.25) is 0 Å². The molecule has 4 nitrogen and oxygen atoms in total. The van der Waals surface area contributed by atoms with E-state index in [9.17, 15) is 0 Å². The van der Waals surface area contributed by atoms with Gasteiger partial charge in [0.05, 0.1) is 17.6 Å². The van der Waals surface area contributed by atoms with Gasteiger partial charge in [0, 0.05) is 12.1 Å². The molecule has 3 aromatic rings. The van der Waals surface area contributed by atoms with E-state index >= 15 is 0 Å². The average Bonchev–Trinajstić information content (AvgIpc) is 2.87. The van der Waals surface area contributed by atoms with E-state index in [4.69, 9.17) is 5.73 Å². The smallest absolute Gasteiger partial charge is 0.153 e. The Balaban J connectivity index is 2.22. The molecule has 0 saturated carbocycles. The summed E-state index contributed by atoms with van der Waals surface area (Å²) in [6.07, 6.45) is 1.78. The number of rotatable bonds is 2. The molecule has 4 heteroatoms. The normalized spacial score (nSPS) is 11.2. The van der Waals surface area contributed by atoms with E-state index in [0.29, 0.717) is 6.54 Å². The van der Waals surface area contributed by atoms with E-state index in [-0.39, 0.29) is 0 Å². The van der Waals surface area contributed by atoms with Crippen LogP contribution in [0.1, 0.15) is 22.4 Å². The van der Waals surface area contributed by atoms with Crippen LogP contribution in [0.5, 0.6) is 0 Å². The van der Waals surface area contributed by atoms with Crippen LogP contribution < -0.4 is 5.73 Å². The molecule has 2 aromatic heterocycles. The Morgan fingerprint density at radius 1 is 1.05 bits per heavy atom. The fourth-order valence-electron chi connectivity index (χ4n) is 2.44. The summed E-state index contributed by atoms with van der Waals surface area (Å²) in [5.41, 5.74) is 13.5. The summed E-state index contributed by atoms with van der Waals surface area (Å²) in [5.74, 6) is 0. The zero-order chi connectivity index (χ0) is 14.3. The first-order valence-electron chi connectivity index (χ1n) is 6.72. The highest BCUT2D eigenvalue weighted by Gasteiger charge is 2.10. The highest BCUT2D eigenvalue weighted by atomic mass is 15.3. The van der Waals surface area contributed by atoms with Crippen LogP contribution in [0.2, 0.25) is 0 Å². The summed E-state index contributed by atoms with van der Waals surface area (Å²) < 4.78 is 1.82. The molecule has 0 spiro atoms. The van der Waals surface area contributed by atoms with Crippen molar-refractivity contribution >= 4 is 5.65 Å². The average molecular weight is 266 g/mol. The monoisotopic (exact) mass is 266 g/mol. The minimum atomic E-state index is 0.434. The lowest BCUT2D eigenvalue weighted by molar-refractivity contribution is 0.849. The lowest BCUT2D eigenvalue weighted by Crippen LogP contribution is -2.04. The molecule has 1 aromatic carbocycles. The SMILES string of the molecule is Cc1ccc(-c2ccc3ncc(CN)n3n2)c(C)c1C. The number of nitrogens with zero attached hydrogens (tertiary/aromatic N) is 3. The predicted octanol–water partition coefficient (Wildman–Crippen LogP) is 2.78. The maximum Gasteiger partial charge on any atom is 0.153 e. The lowest BCUT2D eigenvalue weighted by Gasteiger charge is -2.11. The van der Waals surface area contributed by atoms with Gasteiger partial charge in [0.2, 0.25) is 0 Å². The van der Waals surface area contributed by atoms with Gasteiger partial charge in [-0.25, -0.2) is 9.50 Å². The molecule has 3 rings (SSSR count). The number of aryl methyl sites for hydroxylation is 1. The van der Waals surface area contributed by atoms with Gasteiger partial charge >= 0.3 is 0 Å².